The first-order chi connectivity index (χ1) is 7.72. The molecule has 1 aromatic rings. The van der Waals surface area contributed by atoms with Crippen LogP contribution in [-0.4, -0.2) is 18.4 Å². The number of carbonyl (C=O) groups is 2. The molecule has 0 fully saturated rings. The minimum absolute atomic E-state index is 0.120. The van der Waals surface area contributed by atoms with Crippen molar-refractivity contribution in [3.8, 4) is 0 Å². The summed E-state index contributed by atoms with van der Waals surface area (Å²) >= 11 is 0. The van der Waals surface area contributed by atoms with Crippen LogP contribution in [0.3, 0.4) is 0 Å². The predicted octanol–water partition coefficient (Wildman–Crippen LogP) is 1.85. The third-order valence-electron chi connectivity index (χ3n) is 2.86. The van der Waals surface area contributed by atoms with Gasteiger partial charge in [0.05, 0.1) is 18.9 Å². The standard InChI is InChI=1S/C13H14O3/c1-2-16-13(15)8-11-10-6-4-3-5-9(10)7-12(11)14/h3-6,11H,2,7-8H2,1H3. The lowest BCUT2D eigenvalue weighted by atomic mass is 9.97. The van der Waals surface area contributed by atoms with E-state index in [1.165, 1.54) is 0 Å². The van der Waals surface area contributed by atoms with E-state index < -0.39 is 0 Å². The maximum Gasteiger partial charge on any atom is 0.306 e. The predicted molar refractivity (Wildman–Crippen MR) is 59.1 cm³/mol. The van der Waals surface area contributed by atoms with E-state index in [1.54, 1.807) is 6.92 Å². The molecule has 0 saturated heterocycles. The quantitative estimate of drug-likeness (QED) is 0.727. The van der Waals surface area contributed by atoms with Crippen LogP contribution in [0.15, 0.2) is 24.3 Å². The molecule has 84 valence electrons. The summed E-state index contributed by atoms with van der Waals surface area (Å²) in [5, 5.41) is 0. The number of esters is 1. The molecule has 1 unspecified atom stereocenters. The summed E-state index contributed by atoms with van der Waals surface area (Å²) in [6.07, 6.45) is 0.615. The van der Waals surface area contributed by atoms with Crippen molar-refractivity contribution in [3.05, 3.63) is 35.4 Å². The molecule has 0 saturated carbocycles. The topological polar surface area (TPSA) is 43.4 Å². The molecule has 0 aromatic heterocycles. The average Bonchev–Trinajstić information content (AvgIpc) is 2.56. The second-order valence-electron chi connectivity index (χ2n) is 3.90. The van der Waals surface area contributed by atoms with Crippen molar-refractivity contribution in [3.63, 3.8) is 0 Å². The van der Waals surface area contributed by atoms with Gasteiger partial charge in [0.25, 0.3) is 0 Å². The summed E-state index contributed by atoms with van der Waals surface area (Å²) < 4.78 is 4.88. The third kappa shape index (κ3) is 1.98. The Bertz CT molecular complexity index is 423. The Kier molecular flexibility index (Phi) is 3.04. The van der Waals surface area contributed by atoms with Crippen LogP contribution in [0, 0.1) is 0 Å². The molecule has 0 radical (unpaired) electrons. The Hall–Kier alpha value is -1.64. The maximum absolute atomic E-state index is 11.8. The minimum Gasteiger partial charge on any atom is -0.466 e. The highest BCUT2D eigenvalue weighted by Gasteiger charge is 2.32. The molecule has 3 nitrogen and oxygen atoms in total. The Morgan fingerprint density at radius 2 is 2.19 bits per heavy atom. The second-order valence-corrected chi connectivity index (χ2v) is 3.90. The molecule has 16 heavy (non-hydrogen) atoms. The van der Waals surface area contributed by atoms with Gasteiger partial charge in [-0.25, -0.2) is 0 Å². The number of hydrogen-bond acceptors (Lipinski definition) is 3. The lowest BCUT2D eigenvalue weighted by Gasteiger charge is -2.09. The Morgan fingerprint density at radius 3 is 2.94 bits per heavy atom. The van der Waals surface area contributed by atoms with Gasteiger partial charge in [-0.05, 0) is 18.1 Å². The number of ether oxygens (including phenoxy) is 1. The number of ketones is 1. The van der Waals surface area contributed by atoms with Crippen LogP contribution >= 0.6 is 0 Å². The first kappa shape index (κ1) is 10.9. The molecule has 0 N–H and O–H groups in total. The van der Waals surface area contributed by atoms with E-state index >= 15 is 0 Å². The van der Waals surface area contributed by atoms with Crippen molar-refractivity contribution in [1.82, 2.24) is 0 Å². The Balaban J connectivity index is 2.16. The summed E-state index contributed by atoms with van der Waals surface area (Å²) in [5.74, 6) is -0.470. The molecule has 1 aliphatic rings. The van der Waals surface area contributed by atoms with E-state index in [2.05, 4.69) is 0 Å². The van der Waals surface area contributed by atoms with Crippen molar-refractivity contribution in [2.75, 3.05) is 6.61 Å². The number of carbonyl (C=O) groups excluding carboxylic acids is 2. The number of hydrogen-bond donors (Lipinski definition) is 0. The van der Waals surface area contributed by atoms with Crippen molar-refractivity contribution in [2.45, 2.75) is 25.7 Å². The van der Waals surface area contributed by atoms with Gasteiger partial charge in [-0.2, -0.15) is 0 Å². The molecule has 0 aliphatic heterocycles. The zero-order chi connectivity index (χ0) is 11.5. The fourth-order valence-electron chi connectivity index (χ4n) is 2.13. The van der Waals surface area contributed by atoms with Crippen LogP contribution in [0.1, 0.15) is 30.4 Å². The highest BCUT2D eigenvalue weighted by atomic mass is 16.5. The fourth-order valence-corrected chi connectivity index (χ4v) is 2.13. The van der Waals surface area contributed by atoms with Crippen LogP contribution in [0.5, 0.6) is 0 Å². The average molecular weight is 218 g/mol. The van der Waals surface area contributed by atoms with E-state index in [9.17, 15) is 9.59 Å². The molecule has 0 bridgehead atoms. The summed E-state index contributed by atoms with van der Waals surface area (Å²) in [6, 6.07) is 7.68. The lowest BCUT2D eigenvalue weighted by Crippen LogP contribution is -2.14. The molecule has 1 aromatic carbocycles. The van der Waals surface area contributed by atoms with Crippen LogP contribution in [0.2, 0.25) is 0 Å². The second kappa shape index (κ2) is 4.47. The van der Waals surface area contributed by atoms with Crippen LogP contribution in [0.25, 0.3) is 0 Å². The number of Topliss-reactive ketones (excluding diaryl/α,β-unsaturated/α-hetero) is 1. The monoisotopic (exact) mass is 218 g/mol. The molecular weight excluding hydrogens is 204 g/mol. The Labute approximate surface area is 94.4 Å². The van der Waals surface area contributed by atoms with Gasteiger partial charge in [-0.3, -0.25) is 9.59 Å². The van der Waals surface area contributed by atoms with Gasteiger partial charge in [0, 0.05) is 6.42 Å². The zero-order valence-corrected chi connectivity index (χ0v) is 9.23. The van der Waals surface area contributed by atoms with E-state index in [0.29, 0.717) is 13.0 Å². The summed E-state index contributed by atoms with van der Waals surface area (Å²) in [4.78, 5) is 23.1. The molecule has 1 atom stereocenters. The van der Waals surface area contributed by atoms with Crippen molar-refractivity contribution >= 4 is 11.8 Å². The van der Waals surface area contributed by atoms with Crippen molar-refractivity contribution in [1.29, 1.82) is 0 Å². The molecule has 1 aliphatic carbocycles. The first-order valence-electron chi connectivity index (χ1n) is 5.48. The molecule has 0 amide bonds. The van der Waals surface area contributed by atoms with E-state index in [0.717, 1.165) is 11.1 Å². The normalized spacial score (nSPS) is 18.3. The number of fused-ring (bicyclic) bond motifs is 1. The largest absolute Gasteiger partial charge is 0.466 e. The van der Waals surface area contributed by atoms with E-state index in [-0.39, 0.29) is 24.1 Å². The van der Waals surface area contributed by atoms with Gasteiger partial charge < -0.3 is 4.74 Å². The van der Waals surface area contributed by atoms with Gasteiger partial charge in [-0.15, -0.1) is 0 Å². The molecule has 0 spiro atoms. The lowest BCUT2D eigenvalue weighted by molar-refractivity contribution is -0.144. The van der Waals surface area contributed by atoms with Gasteiger partial charge in [0.15, 0.2) is 0 Å². The summed E-state index contributed by atoms with van der Waals surface area (Å²) in [6.45, 7) is 2.13. The van der Waals surface area contributed by atoms with Crippen LogP contribution in [-0.2, 0) is 20.7 Å². The van der Waals surface area contributed by atoms with Gasteiger partial charge in [-0.1, -0.05) is 24.3 Å². The van der Waals surface area contributed by atoms with Crippen LogP contribution < -0.4 is 0 Å². The SMILES string of the molecule is CCOC(=O)CC1C(=O)Cc2ccccc21. The highest BCUT2D eigenvalue weighted by molar-refractivity contribution is 5.95. The molecule has 2 rings (SSSR count). The fraction of sp³-hybridized carbons (Fsp3) is 0.385. The summed E-state index contributed by atoms with van der Waals surface area (Å²) in [7, 11) is 0. The molecular formula is C13H14O3. The van der Waals surface area contributed by atoms with Crippen molar-refractivity contribution in [2.24, 2.45) is 0 Å². The van der Waals surface area contributed by atoms with Crippen LogP contribution in [0.4, 0.5) is 0 Å². The zero-order valence-electron chi connectivity index (χ0n) is 9.23. The van der Waals surface area contributed by atoms with Gasteiger partial charge >= 0.3 is 5.97 Å². The molecule has 3 heteroatoms. The third-order valence-corrected chi connectivity index (χ3v) is 2.86. The van der Waals surface area contributed by atoms with E-state index in [1.807, 2.05) is 24.3 Å². The van der Waals surface area contributed by atoms with Gasteiger partial charge in [0.2, 0.25) is 0 Å². The van der Waals surface area contributed by atoms with Gasteiger partial charge in [0.1, 0.15) is 5.78 Å². The summed E-state index contributed by atoms with van der Waals surface area (Å²) in [5.41, 5.74) is 2.03. The highest BCUT2D eigenvalue weighted by Crippen LogP contribution is 2.32. The van der Waals surface area contributed by atoms with Crippen molar-refractivity contribution < 1.29 is 14.3 Å². The Morgan fingerprint density at radius 1 is 1.44 bits per heavy atom. The van der Waals surface area contributed by atoms with E-state index in [4.69, 9.17) is 4.74 Å². The number of rotatable bonds is 3. The maximum atomic E-state index is 11.8. The smallest absolute Gasteiger partial charge is 0.306 e. The minimum atomic E-state index is -0.296. The number of benzene rings is 1. The first-order valence-corrected chi connectivity index (χ1v) is 5.48. The molecule has 0 heterocycles.